The van der Waals surface area contributed by atoms with Gasteiger partial charge in [-0.3, -0.25) is 9.59 Å². The van der Waals surface area contributed by atoms with Crippen molar-refractivity contribution in [3.63, 3.8) is 0 Å². The molecular formula is C26H25ClINO4. The van der Waals surface area contributed by atoms with Gasteiger partial charge in [0.15, 0.2) is 0 Å². The first-order valence-electron chi connectivity index (χ1n) is 10.7. The Kier molecular flexibility index (Phi) is 6.71. The van der Waals surface area contributed by atoms with E-state index in [1.165, 1.54) is 0 Å². The first-order chi connectivity index (χ1) is 15.5. The molecule has 0 aromatic heterocycles. The van der Waals surface area contributed by atoms with E-state index in [9.17, 15) is 14.7 Å². The van der Waals surface area contributed by atoms with Crippen LogP contribution in [0, 0.1) is 8.99 Å². The third-order valence-electron chi connectivity index (χ3n) is 5.58. The van der Waals surface area contributed by atoms with Crippen molar-refractivity contribution in [1.29, 1.82) is 0 Å². The lowest BCUT2D eigenvalue weighted by Crippen LogP contribution is -2.44. The first-order valence-corrected chi connectivity index (χ1v) is 12.2. The van der Waals surface area contributed by atoms with Gasteiger partial charge < -0.3 is 14.7 Å². The molecule has 4 rings (SSSR count). The standard InChI is InChI=1S/C26H25ClINO4/c1-26(2,3)14-29-21-11-10-15(27)12-19(21)24(33-22(25(29)32)13-23(30)31)18-8-4-7-17-16(18)6-5-9-20(17)28/h4-12,22,24H,13-14H2,1-3H3,(H,30,31). The van der Waals surface area contributed by atoms with Gasteiger partial charge in [0, 0.05) is 26.4 Å². The number of anilines is 1. The molecule has 1 heterocycles. The molecule has 0 bridgehead atoms. The Bertz CT molecular complexity index is 1240. The smallest absolute Gasteiger partial charge is 0.306 e. The summed E-state index contributed by atoms with van der Waals surface area (Å²) in [5.74, 6) is -1.44. The van der Waals surface area contributed by atoms with Gasteiger partial charge in [0.25, 0.3) is 5.91 Å². The SMILES string of the molecule is CC(C)(C)CN1C(=O)C(CC(=O)O)OC(c2cccc3c(I)cccc23)c2cc(Cl)ccc21. The van der Waals surface area contributed by atoms with Crippen LogP contribution in [0.3, 0.4) is 0 Å². The van der Waals surface area contributed by atoms with Crippen LogP contribution in [-0.4, -0.2) is 29.6 Å². The summed E-state index contributed by atoms with van der Waals surface area (Å²) < 4.78 is 7.46. The van der Waals surface area contributed by atoms with Gasteiger partial charge in [-0.2, -0.15) is 0 Å². The molecule has 3 aromatic rings. The molecule has 1 N–H and O–H groups in total. The van der Waals surface area contributed by atoms with E-state index in [-0.39, 0.29) is 11.3 Å². The quantitative estimate of drug-likeness (QED) is 0.363. The molecule has 1 aliphatic heterocycles. The number of carboxylic acid groups (broad SMARTS) is 1. The summed E-state index contributed by atoms with van der Waals surface area (Å²) in [5.41, 5.74) is 2.10. The number of halogens is 2. The summed E-state index contributed by atoms with van der Waals surface area (Å²) in [6.07, 6.45) is -2.20. The third-order valence-corrected chi connectivity index (χ3v) is 6.76. The van der Waals surface area contributed by atoms with Crippen molar-refractivity contribution >= 4 is 62.5 Å². The molecule has 1 amide bonds. The number of benzene rings is 3. The van der Waals surface area contributed by atoms with Crippen molar-refractivity contribution in [3.05, 3.63) is 74.3 Å². The normalized spacial score (nSPS) is 18.8. The summed E-state index contributed by atoms with van der Waals surface area (Å²) >= 11 is 8.71. The molecule has 0 radical (unpaired) electrons. The van der Waals surface area contributed by atoms with Gasteiger partial charge >= 0.3 is 5.97 Å². The third kappa shape index (κ3) is 5.03. The molecule has 7 heteroatoms. The highest BCUT2D eigenvalue weighted by Gasteiger charge is 2.39. The van der Waals surface area contributed by atoms with Crippen LogP contribution < -0.4 is 4.90 Å². The van der Waals surface area contributed by atoms with Crippen LogP contribution in [0.15, 0.2) is 54.6 Å². The van der Waals surface area contributed by atoms with Crippen LogP contribution in [0.2, 0.25) is 5.02 Å². The molecule has 1 aliphatic rings. The average Bonchev–Trinajstić information content (AvgIpc) is 2.83. The number of carbonyl (C=O) groups is 2. The van der Waals surface area contributed by atoms with Crippen molar-refractivity contribution in [3.8, 4) is 0 Å². The second-order valence-electron chi connectivity index (χ2n) is 9.47. The number of ether oxygens (including phenoxy) is 1. The molecule has 2 atom stereocenters. The molecule has 172 valence electrons. The number of rotatable bonds is 4. The van der Waals surface area contributed by atoms with Gasteiger partial charge in [-0.1, -0.05) is 62.7 Å². The van der Waals surface area contributed by atoms with E-state index in [0.29, 0.717) is 17.3 Å². The summed E-state index contributed by atoms with van der Waals surface area (Å²) in [6.45, 7) is 6.54. The first kappa shape index (κ1) is 24.0. The van der Waals surface area contributed by atoms with Crippen LogP contribution in [0.25, 0.3) is 10.8 Å². The van der Waals surface area contributed by atoms with E-state index >= 15 is 0 Å². The molecule has 0 aliphatic carbocycles. The highest BCUT2D eigenvalue weighted by atomic mass is 127. The largest absolute Gasteiger partial charge is 0.481 e. The zero-order chi connectivity index (χ0) is 23.9. The van der Waals surface area contributed by atoms with Crippen LogP contribution in [-0.2, 0) is 14.3 Å². The fraction of sp³-hybridized carbons (Fsp3) is 0.308. The van der Waals surface area contributed by atoms with Crippen LogP contribution in [0.1, 0.15) is 44.4 Å². The molecule has 0 saturated heterocycles. The van der Waals surface area contributed by atoms with Gasteiger partial charge in [0.1, 0.15) is 12.2 Å². The summed E-state index contributed by atoms with van der Waals surface area (Å²) in [4.78, 5) is 26.9. The van der Waals surface area contributed by atoms with E-state index in [4.69, 9.17) is 16.3 Å². The Morgan fingerprint density at radius 3 is 2.48 bits per heavy atom. The van der Waals surface area contributed by atoms with Gasteiger partial charge in [0.2, 0.25) is 0 Å². The molecule has 0 saturated carbocycles. The average molecular weight is 578 g/mol. The van der Waals surface area contributed by atoms with Gasteiger partial charge in [-0.05, 0) is 68.6 Å². The lowest BCUT2D eigenvalue weighted by molar-refractivity contribution is -0.147. The Morgan fingerprint density at radius 2 is 1.79 bits per heavy atom. The number of amides is 1. The number of carboxylic acids is 1. The van der Waals surface area contributed by atoms with E-state index in [1.807, 2.05) is 69.3 Å². The van der Waals surface area contributed by atoms with Crippen molar-refractivity contribution in [2.45, 2.75) is 39.4 Å². The number of nitrogens with zero attached hydrogens (tertiary/aromatic N) is 1. The van der Waals surface area contributed by atoms with Gasteiger partial charge in [-0.25, -0.2) is 0 Å². The second-order valence-corrected chi connectivity index (χ2v) is 11.1. The molecule has 5 nitrogen and oxygen atoms in total. The maximum absolute atomic E-state index is 13.6. The predicted molar refractivity (Wildman–Crippen MR) is 139 cm³/mol. The minimum Gasteiger partial charge on any atom is -0.481 e. The highest BCUT2D eigenvalue weighted by Crippen LogP contribution is 2.43. The van der Waals surface area contributed by atoms with Gasteiger partial charge in [-0.15, -0.1) is 0 Å². The van der Waals surface area contributed by atoms with E-state index in [2.05, 4.69) is 22.6 Å². The number of aliphatic carboxylic acids is 1. The van der Waals surface area contributed by atoms with Crippen LogP contribution in [0.4, 0.5) is 5.69 Å². The van der Waals surface area contributed by atoms with E-state index in [1.54, 1.807) is 11.0 Å². The maximum atomic E-state index is 13.6. The molecule has 33 heavy (non-hydrogen) atoms. The topological polar surface area (TPSA) is 66.8 Å². The lowest BCUT2D eigenvalue weighted by Gasteiger charge is -2.31. The Morgan fingerprint density at radius 1 is 1.09 bits per heavy atom. The zero-order valence-corrected chi connectivity index (χ0v) is 21.6. The molecule has 0 spiro atoms. The van der Waals surface area contributed by atoms with E-state index in [0.717, 1.165) is 25.5 Å². The number of carbonyl (C=O) groups excluding carboxylic acids is 1. The maximum Gasteiger partial charge on any atom is 0.306 e. The second kappa shape index (κ2) is 9.24. The molecule has 2 unspecified atom stereocenters. The van der Waals surface area contributed by atoms with Crippen LogP contribution >= 0.6 is 34.2 Å². The van der Waals surface area contributed by atoms with Gasteiger partial charge in [0.05, 0.1) is 6.42 Å². The lowest BCUT2D eigenvalue weighted by atomic mass is 9.93. The summed E-state index contributed by atoms with van der Waals surface area (Å²) in [6, 6.07) is 17.4. The molecular weight excluding hydrogens is 553 g/mol. The fourth-order valence-corrected chi connectivity index (χ4v) is 5.12. The highest BCUT2D eigenvalue weighted by molar-refractivity contribution is 14.1. The Hall–Kier alpha value is -2.16. The Balaban J connectivity index is 1.97. The Labute approximate surface area is 211 Å². The van der Waals surface area contributed by atoms with Crippen molar-refractivity contribution in [1.82, 2.24) is 0 Å². The summed E-state index contributed by atoms with van der Waals surface area (Å²) in [5, 5.41) is 12.1. The number of hydrogen-bond acceptors (Lipinski definition) is 3. The minimum absolute atomic E-state index is 0.213. The minimum atomic E-state index is -1.13. The predicted octanol–water partition coefficient (Wildman–Crippen LogP) is 6.44. The van der Waals surface area contributed by atoms with Crippen molar-refractivity contribution in [2.75, 3.05) is 11.4 Å². The van der Waals surface area contributed by atoms with Crippen molar-refractivity contribution in [2.24, 2.45) is 5.41 Å². The summed E-state index contributed by atoms with van der Waals surface area (Å²) in [7, 11) is 0. The molecule has 3 aromatic carbocycles. The van der Waals surface area contributed by atoms with Crippen LogP contribution in [0.5, 0.6) is 0 Å². The zero-order valence-electron chi connectivity index (χ0n) is 18.6. The molecule has 0 fully saturated rings. The van der Waals surface area contributed by atoms with Crippen molar-refractivity contribution < 1.29 is 19.4 Å². The monoisotopic (exact) mass is 577 g/mol. The number of fused-ring (bicyclic) bond motifs is 2. The number of hydrogen-bond donors (Lipinski definition) is 1. The fourth-order valence-electron chi connectivity index (χ4n) is 4.27. The van der Waals surface area contributed by atoms with E-state index < -0.39 is 24.6 Å².